The van der Waals surface area contributed by atoms with E-state index in [-0.39, 0.29) is 10.5 Å². The fraction of sp³-hybridized carbons (Fsp3) is 0.273. The summed E-state index contributed by atoms with van der Waals surface area (Å²) in [4.78, 5) is 31.0. The summed E-state index contributed by atoms with van der Waals surface area (Å²) in [5, 5.41) is -0.556. The number of nitrogens with zero attached hydrogens (tertiary/aromatic N) is 3. The van der Waals surface area contributed by atoms with Gasteiger partial charge < -0.3 is 4.90 Å². The molecule has 0 N–H and O–H groups in total. The topological polar surface area (TPSA) is 43.9 Å². The molecule has 2 saturated heterocycles. The summed E-state index contributed by atoms with van der Waals surface area (Å²) < 4.78 is 12.1. The number of benzene rings is 2. The molecule has 2 aliphatic rings. The Labute approximate surface area is 204 Å². The third-order valence-electron chi connectivity index (χ3n) is 5.33. The molecule has 0 spiro atoms. The summed E-state index contributed by atoms with van der Waals surface area (Å²) in [5.41, 5.74) is 1.29. The highest BCUT2D eigenvalue weighted by Crippen LogP contribution is 2.42. The van der Waals surface area contributed by atoms with Crippen LogP contribution in [0.3, 0.4) is 0 Å². The molecular formula is C22H19Cl3FN3O2S. The average Bonchev–Trinajstić information content (AvgIpc) is 3.03. The fourth-order valence-electron chi connectivity index (χ4n) is 3.80. The zero-order valence-corrected chi connectivity index (χ0v) is 19.8. The Hall–Kier alpha value is -1.77. The first kappa shape index (κ1) is 23.4. The maximum atomic E-state index is 14.0. The third kappa shape index (κ3) is 4.92. The summed E-state index contributed by atoms with van der Waals surface area (Å²) in [6.07, 6.45) is 0.271. The zero-order chi connectivity index (χ0) is 22.9. The van der Waals surface area contributed by atoms with Crippen LogP contribution >= 0.6 is 46.6 Å². The Balaban J connectivity index is 1.56. The van der Waals surface area contributed by atoms with Gasteiger partial charge in [0.05, 0.1) is 4.91 Å². The maximum Gasteiger partial charge on any atom is 0.295 e. The van der Waals surface area contributed by atoms with Crippen molar-refractivity contribution in [2.75, 3.05) is 31.1 Å². The Kier molecular flexibility index (Phi) is 7.03. The molecule has 2 fully saturated rings. The highest BCUT2D eigenvalue weighted by atomic mass is 35.6. The minimum Gasteiger partial charge on any atom is -0.369 e. The van der Waals surface area contributed by atoms with Crippen molar-refractivity contribution < 1.29 is 14.0 Å². The van der Waals surface area contributed by atoms with Crippen molar-refractivity contribution in [2.45, 2.75) is 9.96 Å². The van der Waals surface area contributed by atoms with Crippen molar-refractivity contribution in [3.63, 3.8) is 0 Å². The molecule has 2 amide bonds. The normalized spacial score (nSPS) is 20.3. The highest BCUT2D eigenvalue weighted by molar-refractivity contribution is 8.18. The third-order valence-corrected chi connectivity index (χ3v) is 6.80. The van der Waals surface area contributed by atoms with Crippen LogP contribution in [-0.4, -0.2) is 57.1 Å². The number of thioether (sulfide) groups is 1. The highest BCUT2D eigenvalue weighted by Gasteiger charge is 2.51. The number of piperazine rings is 1. The van der Waals surface area contributed by atoms with Crippen LogP contribution in [0.5, 0.6) is 0 Å². The summed E-state index contributed by atoms with van der Waals surface area (Å²) in [6.45, 7) is 2.26. The van der Waals surface area contributed by atoms with E-state index in [1.807, 2.05) is 35.2 Å². The number of anilines is 1. The molecule has 2 heterocycles. The molecule has 1 atom stereocenters. The second-order valence-electron chi connectivity index (χ2n) is 7.35. The zero-order valence-electron chi connectivity index (χ0n) is 16.8. The number of rotatable bonds is 4. The quantitative estimate of drug-likeness (QED) is 0.405. The number of halogens is 4. The van der Waals surface area contributed by atoms with Crippen LogP contribution in [0.2, 0.25) is 0 Å². The fourth-order valence-corrected chi connectivity index (χ4v) is 5.35. The summed E-state index contributed by atoms with van der Waals surface area (Å²) in [7, 11) is 0. The predicted molar refractivity (Wildman–Crippen MR) is 129 cm³/mol. The molecular weight excluding hydrogens is 496 g/mol. The van der Waals surface area contributed by atoms with Crippen LogP contribution in [0.15, 0.2) is 59.5 Å². The Morgan fingerprint density at radius 3 is 2.19 bits per heavy atom. The van der Waals surface area contributed by atoms with E-state index in [2.05, 4.69) is 4.90 Å². The van der Waals surface area contributed by atoms with E-state index in [1.54, 1.807) is 12.1 Å². The molecule has 10 heteroatoms. The number of amides is 2. The van der Waals surface area contributed by atoms with Gasteiger partial charge in [-0.25, -0.2) is 9.29 Å². The minimum atomic E-state index is -1.92. The lowest BCUT2D eigenvalue weighted by atomic mass is 10.2. The van der Waals surface area contributed by atoms with Crippen LogP contribution in [0, 0.1) is 5.82 Å². The summed E-state index contributed by atoms with van der Waals surface area (Å²) in [6, 6.07) is 15.9. The van der Waals surface area contributed by atoms with E-state index >= 15 is 0 Å². The van der Waals surface area contributed by atoms with Gasteiger partial charge >= 0.3 is 0 Å². The van der Waals surface area contributed by atoms with Crippen LogP contribution < -0.4 is 4.90 Å². The van der Waals surface area contributed by atoms with Gasteiger partial charge in [-0.3, -0.25) is 14.5 Å². The number of carbonyl (C=O) groups is 2. The van der Waals surface area contributed by atoms with E-state index in [4.69, 9.17) is 34.8 Å². The number of hydrogen-bond acceptors (Lipinski definition) is 5. The smallest absolute Gasteiger partial charge is 0.295 e. The monoisotopic (exact) mass is 513 g/mol. The molecule has 0 unspecified atom stereocenters. The molecule has 0 aliphatic carbocycles. The molecule has 168 valence electrons. The Morgan fingerprint density at radius 1 is 0.938 bits per heavy atom. The van der Waals surface area contributed by atoms with Crippen molar-refractivity contribution in [2.24, 2.45) is 0 Å². The second-order valence-corrected chi connectivity index (χ2v) is 10.7. The number of para-hydroxylation sites is 1. The van der Waals surface area contributed by atoms with Crippen molar-refractivity contribution in [3.8, 4) is 0 Å². The van der Waals surface area contributed by atoms with Gasteiger partial charge in [0.15, 0.2) is 0 Å². The minimum absolute atomic E-state index is 0.0854. The number of imide groups is 1. The van der Waals surface area contributed by atoms with Gasteiger partial charge in [-0.15, -0.1) is 0 Å². The van der Waals surface area contributed by atoms with Gasteiger partial charge in [0.2, 0.25) is 3.79 Å². The molecule has 2 aliphatic heterocycles. The van der Waals surface area contributed by atoms with Crippen LogP contribution in [0.25, 0.3) is 6.08 Å². The largest absolute Gasteiger partial charge is 0.369 e. The lowest BCUT2D eigenvalue weighted by Crippen LogP contribution is -2.61. The van der Waals surface area contributed by atoms with Crippen LogP contribution in [0.4, 0.5) is 14.9 Å². The molecule has 0 bridgehead atoms. The first-order chi connectivity index (χ1) is 15.3. The van der Waals surface area contributed by atoms with Crippen molar-refractivity contribution in [1.29, 1.82) is 0 Å². The molecule has 0 radical (unpaired) electrons. The number of carbonyl (C=O) groups excluding carboxylic acids is 2. The van der Waals surface area contributed by atoms with Gasteiger partial charge in [-0.05, 0) is 36.0 Å². The van der Waals surface area contributed by atoms with E-state index in [0.717, 1.165) is 10.6 Å². The molecule has 0 saturated carbocycles. The number of alkyl halides is 3. The Bertz CT molecular complexity index is 1040. The van der Waals surface area contributed by atoms with Gasteiger partial charge in [0.1, 0.15) is 12.0 Å². The van der Waals surface area contributed by atoms with Gasteiger partial charge in [-0.2, -0.15) is 0 Å². The predicted octanol–water partition coefficient (Wildman–Crippen LogP) is 5.38. The SMILES string of the molecule is O=C1S/C(=C/c2ccccc2F)C(=O)N1[C@@H](N1CCN(c2ccccc2)CC1)C(Cl)(Cl)Cl. The van der Waals surface area contributed by atoms with E-state index in [0.29, 0.717) is 37.9 Å². The van der Waals surface area contributed by atoms with Gasteiger partial charge in [-0.1, -0.05) is 71.2 Å². The summed E-state index contributed by atoms with van der Waals surface area (Å²) >= 11 is 19.5. The van der Waals surface area contributed by atoms with E-state index < -0.39 is 26.9 Å². The molecule has 2 aromatic rings. The lowest BCUT2D eigenvalue weighted by Gasteiger charge is -2.44. The van der Waals surface area contributed by atoms with E-state index in [1.165, 1.54) is 18.2 Å². The molecule has 2 aromatic carbocycles. The van der Waals surface area contributed by atoms with Crippen molar-refractivity contribution in [3.05, 3.63) is 70.9 Å². The van der Waals surface area contributed by atoms with Crippen LogP contribution in [0.1, 0.15) is 5.56 Å². The van der Waals surface area contributed by atoms with Gasteiger partial charge in [0, 0.05) is 37.4 Å². The first-order valence-electron chi connectivity index (χ1n) is 9.88. The average molecular weight is 515 g/mol. The second kappa shape index (κ2) is 9.61. The number of hydrogen-bond donors (Lipinski definition) is 0. The van der Waals surface area contributed by atoms with Crippen molar-refractivity contribution in [1.82, 2.24) is 9.80 Å². The molecule has 5 nitrogen and oxygen atoms in total. The van der Waals surface area contributed by atoms with Crippen molar-refractivity contribution >= 4 is 69.5 Å². The molecule has 32 heavy (non-hydrogen) atoms. The molecule has 0 aromatic heterocycles. The molecule has 4 rings (SSSR count). The van der Waals surface area contributed by atoms with Crippen LogP contribution in [-0.2, 0) is 4.79 Å². The lowest BCUT2D eigenvalue weighted by molar-refractivity contribution is -0.127. The van der Waals surface area contributed by atoms with Gasteiger partial charge in [0.25, 0.3) is 11.1 Å². The van der Waals surface area contributed by atoms with E-state index in [9.17, 15) is 14.0 Å². The maximum absolute atomic E-state index is 14.0. The Morgan fingerprint density at radius 2 is 1.56 bits per heavy atom. The first-order valence-corrected chi connectivity index (χ1v) is 11.8. The summed E-state index contributed by atoms with van der Waals surface area (Å²) in [5.74, 6) is -1.10. The standard InChI is InChI=1S/C22H19Cl3FN3O2S/c23-22(24,25)20(28-12-10-27(11-13-28)16-7-2-1-3-8-16)29-19(30)18(32-21(29)31)14-15-6-4-5-9-17(15)26/h1-9,14,20H,10-13H2/b18-14+/t20-/m1/s1.